The maximum atomic E-state index is 13.9. The Labute approximate surface area is 189 Å². The minimum atomic E-state index is -4.04. The van der Waals surface area contributed by atoms with Crippen LogP contribution in [0.4, 0.5) is 0 Å². The Morgan fingerprint density at radius 1 is 1.03 bits per heavy atom. The first-order valence-electron chi connectivity index (χ1n) is 11.2. The fourth-order valence-corrected chi connectivity index (χ4v) is 7.04. The Morgan fingerprint density at radius 3 is 2.38 bits per heavy atom. The number of ketones is 1. The molecule has 1 saturated heterocycles. The number of aryl methyl sites for hydroxylation is 1. The van der Waals surface area contributed by atoms with Gasteiger partial charge in [-0.05, 0) is 44.4 Å². The van der Waals surface area contributed by atoms with Crippen molar-refractivity contribution in [3.8, 4) is 0 Å². The number of Topliss-reactive ketones (excluding diaryl/α,β-unsaturated/α-hetero) is 1. The van der Waals surface area contributed by atoms with E-state index in [0.29, 0.717) is 12.8 Å². The largest absolute Gasteiger partial charge is 0.465 e. The first-order valence-corrected chi connectivity index (χ1v) is 12.6. The van der Waals surface area contributed by atoms with Gasteiger partial charge in [0.1, 0.15) is 11.8 Å². The van der Waals surface area contributed by atoms with Gasteiger partial charge in [0.15, 0.2) is 0 Å². The van der Waals surface area contributed by atoms with Gasteiger partial charge in [0.2, 0.25) is 10.0 Å². The molecule has 1 saturated carbocycles. The molecule has 4 atom stereocenters. The summed E-state index contributed by atoms with van der Waals surface area (Å²) in [7, 11) is -4.04. The number of ether oxygens (including phenoxy) is 1. The molecule has 1 aliphatic heterocycles. The van der Waals surface area contributed by atoms with Gasteiger partial charge in [-0.25, -0.2) is 8.42 Å². The second kappa shape index (κ2) is 9.16. The number of rotatable bonds is 5. The number of hydrogen-bond donors (Lipinski definition) is 0. The lowest BCUT2D eigenvalue weighted by Crippen LogP contribution is -2.47. The summed E-state index contributed by atoms with van der Waals surface area (Å²) in [4.78, 5) is 26.7. The standard InChI is InChI=1S/C25H29NO5S/c1-3-31-25(28)24-22(18-9-5-4-6-10-18)23-20(11-7-8-12-21(23)27)26(24)32(29,30)19-15-13-17(2)14-16-19/h4-6,9-10,13-16,20,22-24H,3,7-8,11-12H2,1-2H3/t20-,22+,23+,24-/m1/s1. The molecule has 1 aliphatic carbocycles. The quantitative estimate of drug-likeness (QED) is 0.640. The minimum absolute atomic E-state index is 0.0252. The van der Waals surface area contributed by atoms with Crippen LogP contribution in [0.3, 0.4) is 0 Å². The molecule has 2 aromatic carbocycles. The fraction of sp³-hybridized carbons (Fsp3) is 0.440. The van der Waals surface area contributed by atoms with Crippen molar-refractivity contribution in [2.45, 2.75) is 62.4 Å². The van der Waals surface area contributed by atoms with Crippen LogP contribution in [0.2, 0.25) is 0 Å². The molecule has 4 rings (SSSR count). The summed E-state index contributed by atoms with van der Waals surface area (Å²) >= 11 is 0. The van der Waals surface area contributed by atoms with Gasteiger partial charge in [-0.15, -0.1) is 0 Å². The van der Waals surface area contributed by atoms with E-state index in [0.717, 1.165) is 24.0 Å². The van der Waals surface area contributed by atoms with Gasteiger partial charge in [-0.3, -0.25) is 9.59 Å². The van der Waals surface area contributed by atoms with Crippen LogP contribution in [0.25, 0.3) is 0 Å². The predicted molar refractivity (Wildman–Crippen MR) is 121 cm³/mol. The summed E-state index contributed by atoms with van der Waals surface area (Å²) in [6.45, 7) is 3.73. The number of carbonyl (C=O) groups excluding carboxylic acids is 2. The summed E-state index contributed by atoms with van der Waals surface area (Å²) in [5.41, 5.74) is 1.73. The summed E-state index contributed by atoms with van der Waals surface area (Å²) in [5, 5.41) is 0. The molecule has 170 valence electrons. The van der Waals surface area contributed by atoms with Crippen LogP contribution in [-0.4, -0.2) is 43.2 Å². The molecular formula is C25H29NO5S. The number of nitrogens with zero attached hydrogens (tertiary/aromatic N) is 1. The van der Waals surface area contributed by atoms with Gasteiger partial charge in [-0.1, -0.05) is 54.4 Å². The molecule has 0 unspecified atom stereocenters. The number of hydrogen-bond acceptors (Lipinski definition) is 5. The zero-order valence-electron chi connectivity index (χ0n) is 18.4. The zero-order chi connectivity index (χ0) is 22.9. The van der Waals surface area contributed by atoms with Crippen molar-refractivity contribution < 1.29 is 22.7 Å². The third-order valence-electron chi connectivity index (χ3n) is 6.60. The Morgan fingerprint density at radius 2 is 1.72 bits per heavy atom. The third kappa shape index (κ3) is 3.99. The van der Waals surface area contributed by atoms with E-state index < -0.39 is 39.9 Å². The molecule has 2 aromatic rings. The summed E-state index contributed by atoms with van der Waals surface area (Å²) < 4.78 is 34.5. The lowest BCUT2D eigenvalue weighted by Gasteiger charge is -2.29. The Balaban J connectivity index is 1.91. The van der Waals surface area contributed by atoms with Gasteiger partial charge in [0.05, 0.1) is 11.5 Å². The highest BCUT2D eigenvalue weighted by atomic mass is 32.2. The van der Waals surface area contributed by atoms with Gasteiger partial charge in [0, 0.05) is 24.3 Å². The molecule has 0 spiro atoms. The van der Waals surface area contributed by atoms with E-state index in [4.69, 9.17) is 4.74 Å². The maximum Gasteiger partial charge on any atom is 0.325 e. The van der Waals surface area contributed by atoms with E-state index in [1.54, 1.807) is 31.2 Å². The molecule has 0 amide bonds. The molecule has 0 bridgehead atoms. The highest BCUT2D eigenvalue weighted by Crippen LogP contribution is 2.49. The second-order valence-electron chi connectivity index (χ2n) is 8.59. The first kappa shape index (κ1) is 22.7. The van der Waals surface area contributed by atoms with Crippen LogP contribution < -0.4 is 0 Å². The van der Waals surface area contributed by atoms with Crippen LogP contribution >= 0.6 is 0 Å². The average molecular weight is 456 g/mol. The van der Waals surface area contributed by atoms with Crippen LogP contribution in [0.5, 0.6) is 0 Å². The van der Waals surface area contributed by atoms with Gasteiger partial charge in [0.25, 0.3) is 0 Å². The SMILES string of the molecule is CCOC(=O)[C@H]1[C@@H](c2ccccc2)[C@@H]2C(=O)CCCC[C@H]2N1S(=O)(=O)c1ccc(C)cc1. The summed E-state index contributed by atoms with van der Waals surface area (Å²) in [6.07, 6.45) is 2.42. The number of esters is 1. The smallest absolute Gasteiger partial charge is 0.325 e. The topological polar surface area (TPSA) is 80.8 Å². The highest BCUT2D eigenvalue weighted by molar-refractivity contribution is 7.89. The molecule has 0 radical (unpaired) electrons. The van der Waals surface area contributed by atoms with E-state index in [9.17, 15) is 18.0 Å². The Kier molecular flexibility index (Phi) is 6.49. The van der Waals surface area contributed by atoms with Crippen molar-refractivity contribution in [3.63, 3.8) is 0 Å². The minimum Gasteiger partial charge on any atom is -0.465 e. The van der Waals surface area contributed by atoms with Crippen LogP contribution in [0, 0.1) is 12.8 Å². The molecule has 2 aliphatic rings. The zero-order valence-corrected chi connectivity index (χ0v) is 19.3. The first-order chi connectivity index (χ1) is 15.4. The lowest BCUT2D eigenvalue weighted by atomic mass is 9.79. The third-order valence-corrected chi connectivity index (χ3v) is 8.52. The van der Waals surface area contributed by atoms with Crippen molar-refractivity contribution in [3.05, 3.63) is 65.7 Å². The number of sulfonamides is 1. The molecule has 1 heterocycles. The van der Waals surface area contributed by atoms with E-state index in [2.05, 4.69) is 0 Å². The average Bonchev–Trinajstić information content (AvgIpc) is 3.03. The molecule has 32 heavy (non-hydrogen) atoms. The summed E-state index contributed by atoms with van der Waals surface area (Å²) in [5.74, 6) is -1.73. The Bertz CT molecular complexity index is 1080. The molecule has 2 fully saturated rings. The molecule has 0 aromatic heterocycles. The van der Waals surface area contributed by atoms with Crippen molar-refractivity contribution in [2.24, 2.45) is 5.92 Å². The Hall–Kier alpha value is -2.51. The van der Waals surface area contributed by atoms with E-state index >= 15 is 0 Å². The van der Waals surface area contributed by atoms with Crippen molar-refractivity contribution in [2.75, 3.05) is 6.61 Å². The molecular weight excluding hydrogens is 426 g/mol. The van der Waals surface area contributed by atoms with E-state index in [1.165, 1.54) is 4.31 Å². The maximum absolute atomic E-state index is 13.9. The van der Waals surface area contributed by atoms with Crippen LogP contribution in [-0.2, 0) is 24.3 Å². The number of benzene rings is 2. The van der Waals surface area contributed by atoms with Crippen LogP contribution in [0.15, 0.2) is 59.5 Å². The summed E-state index contributed by atoms with van der Waals surface area (Å²) in [6, 6.07) is 14.3. The van der Waals surface area contributed by atoms with E-state index in [1.807, 2.05) is 37.3 Å². The number of carbonyl (C=O) groups is 2. The second-order valence-corrected chi connectivity index (χ2v) is 10.4. The predicted octanol–water partition coefficient (Wildman–Crippen LogP) is 3.84. The lowest BCUT2D eigenvalue weighted by molar-refractivity contribution is -0.147. The molecule has 0 N–H and O–H groups in total. The van der Waals surface area contributed by atoms with Gasteiger partial charge < -0.3 is 4.74 Å². The van der Waals surface area contributed by atoms with Crippen molar-refractivity contribution >= 4 is 21.8 Å². The van der Waals surface area contributed by atoms with Gasteiger partial charge in [-0.2, -0.15) is 4.31 Å². The number of fused-ring (bicyclic) bond motifs is 1. The normalized spacial score (nSPS) is 26.4. The fourth-order valence-electron chi connectivity index (χ4n) is 5.20. The monoisotopic (exact) mass is 455 g/mol. The molecule has 6 nitrogen and oxygen atoms in total. The van der Waals surface area contributed by atoms with Gasteiger partial charge >= 0.3 is 5.97 Å². The highest BCUT2D eigenvalue weighted by Gasteiger charge is 2.59. The molecule has 7 heteroatoms. The van der Waals surface area contributed by atoms with Crippen molar-refractivity contribution in [1.82, 2.24) is 4.31 Å². The van der Waals surface area contributed by atoms with Crippen LogP contribution in [0.1, 0.15) is 49.7 Å². The van der Waals surface area contributed by atoms with Crippen molar-refractivity contribution in [1.29, 1.82) is 0 Å². The van der Waals surface area contributed by atoms with E-state index in [-0.39, 0.29) is 17.3 Å².